The van der Waals surface area contributed by atoms with Crippen LogP contribution in [0.4, 0.5) is 0 Å². The molecule has 2 unspecified atom stereocenters. The van der Waals surface area contributed by atoms with Crippen molar-refractivity contribution in [1.29, 1.82) is 5.26 Å². The van der Waals surface area contributed by atoms with Crippen molar-refractivity contribution in [2.45, 2.75) is 19.5 Å². The van der Waals surface area contributed by atoms with E-state index in [-0.39, 0.29) is 6.61 Å². The van der Waals surface area contributed by atoms with Crippen LogP contribution in [0.1, 0.15) is 13.8 Å². The number of rotatable bonds is 3. The molecule has 2 atom stereocenters. The first-order valence-electron chi connectivity index (χ1n) is 2.91. The van der Waals surface area contributed by atoms with Gasteiger partial charge in [0.25, 0.3) is 0 Å². The molecule has 0 aromatic rings. The minimum atomic E-state index is -3.64. The summed E-state index contributed by atoms with van der Waals surface area (Å²) in [6.45, 7) is 3.11. The maximum absolute atomic E-state index is 10.9. The van der Waals surface area contributed by atoms with Gasteiger partial charge in [0.1, 0.15) is 5.66 Å². The Hall–Kier alpha value is -0.360. The van der Waals surface area contributed by atoms with E-state index in [1.54, 1.807) is 13.0 Å². The monoisotopic (exact) mass is 163 g/mol. The Labute approximate surface area is 60.0 Å². The molecule has 0 aliphatic carbocycles. The summed E-state index contributed by atoms with van der Waals surface area (Å²) < 4.78 is 15.3. The van der Waals surface area contributed by atoms with Gasteiger partial charge in [-0.25, -0.2) is 0 Å². The zero-order chi connectivity index (χ0) is 8.20. The lowest BCUT2D eigenvalue weighted by Gasteiger charge is -2.11. The second-order valence-corrected chi connectivity index (χ2v) is 3.95. The highest BCUT2D eigenvalue weighted by Crippen LogP contribution is 2.46. The highest BCUT2D eigenvalue weighted by molar-refractivity contribution is 7.53. The van der Waals surface area contributed by atoms with Crippen LogP contribution >= 0.6 is 7.60 Å². The third-order valence-electron chi connectivity index (χ3n) is 0.990. The summed E-state index contributed by atoms with van der Waals surface area (Å²) in [5.74, 6) is 0. The SMILES string of the molecule is CCOP(=O)(O)C(C)C#N. The Morgan fingerprint density at radius 1 is 1.90 bits per heavy atom. The van der Waals surface area contributed by atoms with Crippen molar-refractivity contribution < 1.29 is 14.0 Å². The molecule has 0 saturated carbocycles. The summed E-state index contributed by atoms with van der Waals surface area (Å²) in [7, 11) is -3.64. The third kappa shape index (κ3) is 2.49. The summed E-state index contributed by atoms with van der Waals surface area (Å²) in [5, 5.41) is 8.23. The smallest absolute Gasteiger partial charge is 0.323 e. The molecular formula is C5H10NO3P. The van der Waals surface area contributed by atoms with Crippen molar-refractivity contribution >= 4 is 7.60 Å². The molecule has 0 aromatic carbocycles. The van der Waals surface area contributed by atoms with Gasteiger partial charge in [0, 0.05) is 0 Å². The van der Waals surface area contributed by atoms with Gasteiger partial charge in [-0.1, -0.05) is 0 Å². The van der Waals surface area contributed by atoms with Crippen LogP contribution in [0.3, 0.4) is 0 Å². The predicted octanol–water partition coefficient (Wildman–Crippen LogP) is 1.12. The topological polar surface area (TPSA) is 70.3 Å². The summed E-state index contributed by atoms with van der Waals surface area (Å²) in [6.07, 6.45) is 0. The number of hydrogen-bond donors (Lipinski definition) is 1. The Morgan fingerprint density at radius 2 is 2.40 bits per heavy atom. The summed E-state index contributed by atoms with van der Waals surface area (Å²) in [4.78, 5) is 8.89. The molecule has 0 radical (unpaired) electrons. The lowest BCUT2D eigenvalue weighted by atomic mass is 10.5. The Balaban J connectivity index is 4.14. The molecule has 0 aliphatic rings. The molecule has 0 spiro atoms. The van der Waals surface area contributed by atoms with E-state index in [1.165, 1.54) is 6.92 Å². The zero-order valence-electron chi connectivity index (χ0n) is 5.94. The standard InChI is InChI=1S/C5H10NO3P/c1-3-9-10(7,8)5(2)4-6/h5H,3H2,1-2H3,(H,7,8). The molecule has 0 fully saturated rings. The largest absolute Gasteiger partial charge is 0.344 e. The second-order valence-electron chi connectivity index (χ2n) is 1.79. The van der Waals surface area contributed by atoms with Crippen LogP contribution in [0.5, 0.6) is 0 Å². The van der Waals surface area contributed by atoms with Crippen LogP contribution < -0.4 is 0 Å². The van der Waals surface area contributed by atoms with Crippen molar-refractivity contribution in [2.75, 3.05) is 6.61 Å². The average molecular weight is 163 g/mol. The summed E-state index contributed by atoms with van der Waals surface area (Å²) >= 11 is 0. The van der Waals surface area contributed by atoms with Gasteiger partial charge in [-0.05, 0) is 13.8 Å². The van der Waals surface area contributed by atoms with Gasteiger partial charge in [-0.2, -0.15) is 5.26 Å². The fourth-order valence-corrected chi connectivity index (χ4v) is 1.11. The van der Waals surface area contributed by atoms with Crippen molar-refractivity contribution in [3.8, 4) is 6.07 Å². The molecule has 1 N–H and O–H groups in total. The lowest BCUT2D eigenvalue weighted by molar-refractivity contribution is 0.270. The molecule has 0 amide bonds. The lowest BCUT2D eigenvalue weighted by Crippen LogP contribution is -2.02. The average Bonchev–Trinajstić information content (AvgIpc) is 1.86. The van der Waals surface area contributed by atoms with Gasteiger partial charge in [-0.15, -0.1) is 0 Å². The van der Waals surface area contributed by atoms with E-state index < -0.39 is 13.3 Å². The maximum atomic E-state index is 10.9. The minimum absolute atomic E-state index is 0.153. The van der Waals surface area contributed by atoms with Crippen LogP contribution in [-0.4, -0.2) is 17.2 Å². The van der Waals surface area contributed by atoms with E-state index in [0.29, 0.717) is 0 Å². The number of hydrogen-bond acceptors (Lipinski definition) is 3. The van der Waals surface area contributed by atoms with Crippen molar-refractivity contribution in [3.63, 3.8) is 0 Å². The van der Waals surface area contributed by atoms with E-state index in [0.717, 1.165) is 0 Å². The van der Waals surface area contributed by atoms with Gasteiger partial charge >= 0.3 is 7.60 Å². The molecular weight excluding hydrogens is 153 g/mol. The molecule has 0 aromatic heterocycles. The fraction of sp³-hybridized carbons (Fsp3) is 0.800. The van der Waals surface area contributed by atoms with E-state index in [1.807, 2.05) is 0 Å². The van der Waals surface area contributed by atoms with Crippen LogP contribution in [0.25, 0.3) is 0 Å². The second kappa shape index (κ2) is 3.72. The molecule has 0 bridgehead atoms. The third-order valence-corrected chi connectivity index (χ3v) is 2.71. The van der Waals surface area contributed by atoms with Crippen molar-refractivity contribution in [3.05, 3.63) is 0 Å². The van der Waals surface area contributed by atoms with Crippen LogP contribution in [0.2, 0.25) is 0 Å². The van der Waals surface area contributed by atoms with Gasteiger partial charge in [0.05, 0.1) is 12.7 Å². The first-order valence-corrected chi connectivity index (χ1v) is 4.56. The highest BCUT2D eigenvalue weighted by Gasteiger charge is 2.27. The van der Waals surface area contributed by atoms with Crippen LogP contribution in [0, 0.1) is 11.3 Å². The molecule has 0 rings (SSSR count). The molecule has 0 saturated heterocycles. The Bertz CT molecular complexity index is 186. The summed E-state index contributed by atoms with van der Waals surface area (Å²) in [6, 6.07) is 1.65. The van der Waals surface area contributed by atoms with Gasteiger partial charge in [0.2, 0.25) is 0 Å². The molecule has 0 aliphatic heterocycles. The van der Waals surface area contributed by atoms with Gasteiger partial charge < -0.3 is 9.42 Å². The van der Waals surface area contributed by atoms with Crippen molar-refractivity contribution in [2.24, 2.45) is 0 Å². The minimum Gasteiger partial charge on any atom is -0.323 e. The van der Waals surface area contributed by atoms with Crippen molar-refractivity contribution in [1.82, 2.24) is 0 Å². The van der Waals surface area contributed by atoms with Crippen LogP contribution in [0.15, 0.2) is 0 Å². The molecule has 58 valence electrons. The fourth-order valence-electron chi connectivity index (χ4n) is 0.370. The molecule has 10 heavy (non-hydrogen) atoms. The Kier molecular flexibility index (Phi) is 3.59. The first kappa shape index (κ1) is 9.64. The number of nitriles is 1. The zero-order valence-corrected chi connectivity index (χ0v) is 6.84. The van der Waals surface area contributed by atoms with Crippen LogP contribution in [-0.2, 0) is 9.09 Å². The van der Waals surface area contributed by atoms with E-state index in [4.69, 9.17) is 10.2 Å². The molecule has 0 heterocycles. The highest BCUT2D eigenvalue weighted by atomic mass is 31.2. The first-order chi connectivity index (χ1) is 4.54. The molecule has 4 nitrogen and oxygen atoms in total. The number of nitrogens with zero attached hydrogens (tertiary/aromatic N) is 1. The summed E-state index contributed by atoms with van der Waals surface area (Å²) in [5.41, 5.74) is -0.938. The van der Waals surface area contributed by atoms with E-state index in [2.05, 4.69) is 4.52 Å². The molecule has 5 heteroatoms. The van der Waals surface area contributed by atoms with E-state index in [9.17, 15) is 4.57 Å². The maximum Gasteiger partial charge on any atom is 0.344 e. The van der Waals surface area contributed by atoms with E-state index >= 15 is 0 Å². The van der Waals surface area contributed by atoms with Gasteiger partial charge in [0.15, 0.2) is 0 Å². The quantitative estimate of drug-likeness (QED) is 0.633. The Morgan fingerprint density at radius 3 is 2.70 bits per heavy atom. The van der Waals surface area contributed by atoms with Gasteiger partial charge in [-0.3, -0.25) is 4.57 Å². The predicted molar refractivity (Wildman–Crippen MR) is 36.5 cm³/mol. The normalized spacial score (nSPS) is 19.0.